The number of rotatable bonds is 1. The van der Waals surface area contributed by atoms with E-state index in [2.05, 4.69) is 18.0 Å². The fourth-order valence-corrected chi connectivity index (χ4v) is 3.12. The molecule has 0 spiro atoms. The molecular weight excluding hydrogens is 276 g/mol. The summed E-state index contributed by atoms with van der Waals surface area (Å²) < 4.78 is 5.71. The highest BCUT2D eigenvalue weighted by molar-refractivity contribution is 6.07. The number of benzene rings is 1. The van der Waals surface area contributed by atoms with E-state index >= 15 is 0 Å². The summed E-state index contributed by atoms with van der Waals surface area (Å²) in [5.41, 5.74) is 4.46. The zero-order valence-corrected chi connectivity index (χ0v) is 12.5. The molecule has 4 nitrogen and oxygen atoms in total. The normalized spacial score (nSPS) is 17.0. The lowest BCUT2D eigenvalue weighted by Gasteiger charge is -2.21. The molecule has 2 aromatic heterocycles. The molecule has 0 aliphatic carbocycles. The van der Waals surface area contributed by atoms with Crippen LogP contribution >= 0.6 is 0 Å². The van der Waals surface area contributed by atoms with Crippen molar-refractivity contribution in [1.29, 1.82) is 0 Å². The van der Waals surface area contributed by atoms with Gasteiger partial charge in [-0.2, -0.15) is 0 Å². The zero-order chi connectivity index (χ0) is 15.3. The van der Waals surface area contributed by atoms with Crippen LogP contribution in [0.15, 0.2) is 46.9 Å². The highest BCUT2D eigenvalue weighted by Crippen LogP contribution is 2.33. The number of carbonyl (C=O) groups excluding carboxylic acids is 1. The highest BCUT2D eigenvalue weighted by Gasteiger charge is 2.32. The minimum atomic E-state index is -0.104. The number of carbonyl (C=O) groups is 1. The number of para-hydroxylation sites is 1. The van der Waals surface area contributed by atoms with Gasteiger partial charge in [-0.25, -0.2) is 4.98 Å². The van der Waals surface area contributed by atoms with Crippen molar-refractivity contribution in [2.24, 2.45) is 0 Å². The van der Waals surface area contributed by atoms with Crippen LogP contribution in [0.1, 0.15) is 28.7 Å². The molecule has 3 heterocycles. The van der Waals surface area contributed by atoms with E-state index in [1.165, 1.54) is 5.56 Å². The van der Waals surface area contributed by atoms with Crippen molar-refractivity contribution in [3.8, 4) is 0 Å². The van der Waals surface area contributed by atoms with Crippen LogP contribution in [-0.4, -0.2) is 16.9 Å². The Kier molecular flexibility index (Phi) is 2.79. The lowest BCUT2D eigenvalue weighted by atomic mass is 10.1. The lowest BCUT2D eigenvalue weighted by molar-refractivity contribution is 0.0957. The van der Waals surface area contributed by atoms with E-state index in [0.29, 0.717) is 11.3 Å². The van der Waals surface area contributed by atoms with E-state index in [9.17, 15) is 4.79 Å². The van der Waals surface area contributed by atoms with Gasteiger partial charge in [-0.3, -0.25) is 4.79 Å². The van der Waals surface area contributed by atoms with Crippen LogP contribution in [-0.2, 0) is 6.42 Å². The second-order valence-electron chi connectivity index (χ2n) is 5.80. The fraction of sp³-hybridized carbons (Fsp3) is 0.222. The van der Waals surface area contributed by atoms with Gasteiger partial charge in [-0.15, -0.1) is 0 Å². The molecule has 110 valence electrons. The molecule has 4 heteroatoms. The maximum absolute atomic E-state index is 12.9. The summed E-state index contributed by atoms with van der Waals surface area (Å²) in [6, 6.07) is 13.6. The number of anilines is 1. The van der Waals surface area contributed by atoms with Crippen LogP contribution in [0.3, 0.4) is 0 Å². The summed E-state index contributed by atoms with van der Waals surface area (Å²) >= 11 is 0. The first-order valence-corrected chi connectivity index (χ1v) is 7.42. The van der Waals surface area contributed by atoms with Crippen molar-refractivity contribution in [1.82, 2.24) is 4.98 Å². The van der Waals surface area contributed by atoms with Gasteiger partial charge in [0.1, 0.15) is 5.52 Å². The predicted octanol–water partition coefficient (Wildman–Crippen LogP) is 3.73. The van der Waals surface area contributed by atoms with Gasteiger partial charge in [0.25, 0.3) is 5.91 Å². The van der Waals surface area contributed by atoms with Gasteiger partial charge in [0, 0.05) is 23.5 Å². The van der Waals surface area contributed by atoms with E-state index in [4.69, 9.17) is 4.42 Å². The van der Waals surface area contributed by atoms with Crippen molar-refractivity contribution in [3.05, 3.63) is 59.5 Å². The average molecular weight is 292 g/mol. The van der Waals surface area contributed by atoms with Gasteiger partial charge in [0.15, 0.2) is 11.3 Å². The van der Waals surface area contributed by atoms with Gasteiger partial charge < -0.3 is 9.32 Å². The molecule has 3 aromatic rings. The highest BCUT2D eigenvalue weighted by atomic mass is 16.3. The Morgan fingerprint density at radius 2 is 2.09 bits per heavy atom. The van der Waals surface area contributed by atoms with Crippen molar-refractivity contribution in [2.45, 2.75) is 26.3 Å². The summed E-state index contributed by atoms with van der Waals surface area (Å²) in [4.78, 5) is 19.1. The van der Waals surface area contributed by atoms with Crippen LogP contribution in [0.2, 0.25) is 0 Å². The number of aryl methyl sites for hydroxylation is 1. The summed E-state index contributed by atoms with van der Waals surface area (Å²) in [5, 5.41) is 0. The molecule has 1 aliphatic heterocycles. The quantitative estimate of drug-likeness (QED) is 0.686. The van der Waals surface area contributed by atoms with Crippen molar-refractivity contribution >= 4 is 22.7 Å². The van der Waals surface area contributed by atoms with Crippen molar-refractivity contribution < 1.29 is 9.21 Å². The van der Waals surface area contributed by atoms with Crippen LogP contribution < -0.4 is 4.90 Å². The van der Waals surface area contributed by atoms with E-state index in [1.807, 2.05) is 42.2 Å². The molecule has 0 radical (unpaired) electrons. The Bertz CT molecular complexity index is 882. The van der Waals surface area contributed by atoms with Crippen molar-refractivity contribution in [3.63, 3.8) is 0 Å². The number of nitrogens with zero attached hydrogens (tertiary/aromatic N) is 2. The average Bonchev–Trinajstić information content (AvgIpc) is 3.06. The van der Waals surface area contributed by atoms with Crippen LogP contribution in [0.25, 0.3) is 11.1 Å². The molecule has 0 bridgehead atoms. The van der Waals surface area contributed by atoms with Gasteiger partial charge in [0.05, 0.1) is 0 Å². The number of amides is 1. The second-order valence-corrected chi connectivity index (χ2v) is 5.80. The summed E-state index contributed by atoms with van der Waals surface area (Å²) in [7, 11) is 0. The monoisotopic (exact) mass is 292 g/mol. The lowest BCUT2D eigenvalue weighted by Crippen LogP contribution is -2.35. The topological polar surface area (TPSA) is 46.3 Å². The SMILES string of the molecule is Cc1ccc2oc(C(=O)N3c4ccccc4CC3C)cc2n1. The zero-order valence-electron chi connectivity index (χ0n) is 12.5. The van der Waals surface area contributed by atoms with Gasteiger partial charge in [0.2, 0.25) is 0 Å². The number of pyridine rings is 1. The molecule has 0 N–H and O–H groups in total. The van der Waals surface area contributed by atoms with Crippen LogP contribution in [0.5, 0.6) is 0 Å². The largest absolute Gasteiger partial charge is 0.449 e. The predicted molar refractivity (Wildman–Crippen MR) is 85.2 cm³/mol. The third-order valence-corrected chi connectivity index (χ3v) is 4.15. The number of furan rings is 1. The van der Waals surface area contributed by atoms with Crippen LogP contribution in [0.4, 0.5) is 5.69 Å². The first-order valence-electron chi connectivity index (χ1n) is 7.42. The maximum Gasteiger partial charge on any atom is 0.294 e. The van der Waals surface area contributed by atoms with Crippen LogP contribution in [0, 0.1) is 6.92 Å². The van der Waals surface area contributed by atoms with Crippen molar-refractivity contribution in [2.75, 3.05) is 4.90 Å². The number of hydrogen-bond donors (Lipinski definition) is 0. The Balaban J connectivity index is 1.77. The first-order chi connectivity index (χ1) is 10.6. The summed E-state index contributed by atoms with van der Waals surface area (Å²) in [6.07, 6.45) is 0.875. The molecule has 1 atom stereocenters. The van der Waals surface area contributed by atoms with Gasteiger partial charge in [-0.05, 0) is 44.0 Å². The van der Waals surface area contributed by atoms with E-state index in [1.54, 1.807) is 6.07 Å². The molecule has 1 aromatic carbocycles. The molecule has 0 fully saturated rings. The number of hydrogen-bond acceptors (Lipinski definition) is 3. The Morgan fingerprint density at radius 1 is 1.27 bits per heavy atom. The molecule has 0 saturated heterocycles. The Morgan fingerprint density at radius 3 is 2.95 bits per heavy atom. The maximum atomic E-state index is 12.9. The minimum Gasteiger partial charge on any atom is -0.449 e. The minimum absolute atomic E-state index is 0.104. The second kappa shape index (κ2) is 4.70. The molecule has 1 unspecified atom stereocenters. The Labute approximate surface area is 128 Å². The molecule has 4 rings (SSSR count). The Hall–Kier alpha value is -2.62. The van der Waals surface area contributed by atoms with Gasteiger partial charge >= 0.3 is 0 Å². The van der Waals surface area contributed by atoms with E-state index in [-0.39, 0.29) is 11.9 Å². The summed E-state index contributed by atoms with van der Waals surface area (Å²) in [5.74, 6) is 0.241. The first kappa shape index (κ1) is 13.1. The molecular formula is C18H16N2O2. The fourth-order valence-electron chi connectivity index (χ4n) is 3.12. The standard InChI is InChI=1S/C18H16N2O2/c1-11-7-8-16-14(19-11)10-17(22-16)18(21)20-12(2)9-13-5-3-4-6-15(13)20/h3-8,10,12H,9H2,1-2H3. The van der Waals surface area contributed by atoms with Gasteiger partial charge in [-0.1, -0.05) is 18.2 Å². The number of aromatic nitrogens is 1. The van der Waals surface area contributed by atoms with E-state index < -0.39 is 0 Å². The molecule has 1 aliphatic rings. The third-order valence-electron chi connectivity index (χ3n) is 4.15. The molecule has 22 heavy (non-hydrogen) atoms. The third kappa shape index (κ3) is 1.91. The van der Waals surface area contributed by atoms with E-state index in [0.717, 1.165) is 23.3 Å². The molecule has 1 amide bonds. The molecule has 0 saturated carbocycles. The smallest absolute Gasteiger partial charge is 0.294 e. The number of fused-ring (bicyclic) bond motifs is 2. The summed E-state index contributed by atoms with van der Waals surface area (Å²) in [6.45, 7) is 3.98.